The standard InChI is InChI=1S/C31H33N3O3S/c1-19(2)27-15-23(18-38-27)29(35)34-26(30(36)37)14-20-6-8-22(9-7-20)28-32-16-24(17-33-28)21-10-12-25(13-11-21)31(3,4)5/h6-13,15-19,26H,14H2,1-5H3,(H,34,35)(H,36,37)/t26-/m0/s1. The third-order valence-corrected chi connectivity index (χ3v) is 7.68. The van der Waals surface area contributed by atoms with Crippen LogP contribution in [0.5, 0.6) is 0 Å². The molecule has 0 spiro atoms. The fourth-order valence-corrected chi connectivity index (χ4v) is 4.94. The first-order chi connectivity index (χ1) is 18.0. The van der Waals surface area contributed by atoms with E-state index in [1.54, 1.807) is 5.38 Å². The van der Waals surface area contributed by atoms with E-state index in [-0.39, 0.29) is 17.7 Å². The summed E-state index contributed by atoms with van der Waals surface area (Å²) < 4.78 is 0. The molecule has 0 saturated carbocycles. The maximum Gasteiger partial charge on any atom is 0.326 e. The van der Waals surface area contributed by atoms with E-state index < -0.39 is 12.0 Å². The van der Waals surface area contributed by atoms with Crippen molar-refractivity contribution in [2.24, 2.45) is 0 Å². The zero-order valence-corrected chi connectivity index (χ0v) is 23.2. The highest BCUT2D eigenvalue weighted by Crippen LogP contribution is 2.27. The molecule has 1 amide bonds. The molecule has 2 N–H and O–H groups in total. The molecule has 0 bridgehead atoms. The topological polar surface area (TPSA) is 92.2 Å². The van der Waals surface area contributed by atoms with Gasteiger partial charge in [0.1, 0.15) is 6.04 Å². The zero-order chi connectivity index (χ0) is 27.4. The monoisotopic (exact) mass is 527 g/mol. The lowest BCUT2D eigenvalue weighted by atomic mass is 9.86. The number of thiophene rings is 1. The zero-order valence-electron chi connectivity index (χ0n) is 22.4. The Morgan fingerprint density at radius 3 is 2.05 bits per heavy atom. The van der Waals surface area contributed by atoms with Crippen molar-refractivity contribution in [3.63, 3.8) is 0 Å². The third kappa shape index (κ3) is 6.53. The number of carboxylic acids is 1. The molecule has 2 heterocycles. The third-order valence-electron chi connectivity index (χ3n) is 6.44. The molecule has 0 radical (unpaired) electrons. The van der Waals surface area contributed by atoms with Crippen LogP contribution in [0.1, 0.15) is 66.9 Å². The van der Waals surface area contributed by atoms with Crippen LogP contribution in [-0.4, -0.2) is 33.0 Å². The Balaban J connectivity index is 1.42. The fourth-order valence-electron chi connectivity index (χ4n) is 4.03. The number of rotatable bonds is 8. The molecule has 196 valence electrons. The second-order valence-corrected chi connectivity index (χ2v) is 11.7. The van der Waals surface area contributed by atoms with E-state index in [1.165, 1.54) is 16.9 Å². The van der Waals surface area contributed by atoms with E-state index in [0.717, 1.165) is 27.1 Å². The molecule has 0 aliphatic rings. The number of aromatic nitrogens is 2. The maximum atomic E-state index is 12.6. The van der Waals surface area contributed by atoms with Crippen LogP contribution in [0.3, 0.4) is 0 Å². The van der Waals surface area contributed by atoms with Gasteiger partial charge in [0.2, 0.25) is 0 Å². The van der Waals surface area contributed by atoms with E-state index in [2.05, 4.69) is 74.2 Å². The highest BCUT2D eigenvalue weighted by molar-refractivity contribution is 7.10. The van der Waals surface area contributed by atoms with Crippen molar-refractivity contribution in [3.05, 3.63) is 93.9 Å². The first kappa shape index (κ1) is 27.2. The number of hydrogen-bond acceptors (Lipinski definition) is 5. The average Bonchev–Trinajstić information content (AvgIpc) is 3.40. The van der Waals surface area contributed by atoms with Crippen molar-refractivity contribution in [2.75, 3.05) is 0 Å². The van der Waals surface area contributed by atoms with Crippen LogP contribution in [0.15, 0.2) is 72.4 Å². The Morgan fingerprint density at radius 2 is 1.53 bits per heavy atom. The second kappa shape index (κ2) is 11.3. The molecule has 6 nitrogen and oxygen atoms in total. The molecule has 2 aromatic carbocycles. The second-order valence-electron chi connectivity index (χ2n) is 10.8. The van der Waals surface area contributed by atoms with E-state index >= 15 is 0 Å². The first-order valence-electron chi connectivity index (χ1n) is 12.7. The predicted molar refractivity (Wildman–Crippen MR) is 153 cm³/mol. The molecule has 1 atom stereocenters. The number of nitrogens with one attached hydrogen (secondary N) is 1. The number of benzene rings is 2. The van der Waals surface area contributed by atoms with Gasteiger partial charge in [0.15, 0.2) is 5.82 Å². The van der Waals surface area contributed by atoms with Gasteiger partial charge in [-0.3, -0.25) is 4.79 Å². The highest BCUT2D eigenvalue weighted by atomic mass is 32.1. The van der Waals surface area contributed by atoms with E-state index in [1.807, 2.05) is 42.7 Å². The summed E-state index contributed by atoms with van der Waals surface area (Å²) in [5.74, 6) is -0.543. The molecule has 38 heavy (non-hydrogen) atoms. The average molecular weight is 528 g/mol. The van der Waals surface area contributed by atoms with Crippen LogP contribution in [0.25, 0.3) is 22.5 Å². The van der Waals surface area contributed by atoms with Gasteiger partial charge in [-0.2, -0.15) is 0 Å². The highest BCUT2D eigenvalue weighted by Gasteiger charge is 2.22. The molecular formula is C31H33N3O3S. The molecule has 0 saturated heterocycles. The van der Waals surface area contributed by atoms with Gasteiger partial charge in [-0.25, -0.2) is 14.8 Å². The summed E-state index contributed by atoms with van der Waals surface area (Å²) in [6.07, 6.45) is 3.80. The Kier molecular flexibility index (Phi) is 8.07. The summed E-state index contributed by atoms with van der Waals surface area (Å²) in [5, 5.41) is 14.1. The normalized spacial score (nSPS) is 12.4. The number of carbonyl (C=O) groups excluding carboxylic acids is 1. The van der Waals surface area contributed by atoms with Crippen molar-refractivity contribution < 1.29 is 14.7 Å². The van der Waals surface area contributed by atoms with Crippen LogP contribution in [0, 0.1) is 0 Å². The van der Waals surface area contributed by atoms with E-state index in [0.29, 0.717) is 17.3 Å². The van der Waals surface area contributed by atoms with Crippen molar-refractivity contribution >= 4 is 23.2 Å². The Bertz CT molecular complexity index is 1400. The van der Waals surface area contributed by atoms with Crippen molar-refractivity contribution in [2.45, 2.75) is 58.4 Å². The largest absolute Gasteiger partial charge is 0.480 e. The summed E-state index contributed by atoms with van der Waals surface area (Å²) in [4.78, 5) is 34.7. The molecule has 0 aliphatic carbocycles. The molecule has 4 rings (SSSR count). The number of carboxylic acid groups (broad SMARTS) is 1. The fraction of sp³-hybridized carbons (Fsp3) is 0.290. The molecule has 4 aromatic rings. The van der Waals surface area contributed by atoms with E-state index in [9.17, 15) is 14.7 Å². The van der Waals surface area contributed by atoms with Gasteiger partial charge in [-0.15, -0.1) is 11.3 Å². The summed E-state index contributed by atoms with van der Waals surface area (Å²) in [6.45, 7) is 10.7. The van der Waals surface area contributed by atoms with Gasteiger partial charge in [0.05, 0.1) is 5.56 Å². The van der Waals surface area contributed by atoms with Crippen molar-refractivity contribution in [1.82, 2.24) is 15.3 Å². The molecule has 0 unspecified atom stereocenters. The summed E-state index contributed by atoms with van der Waals surface area (Å²) in [7, 11) is 0. The van der Waals surface area contributed by atoms with Crippen LogP contribution < -0.4 is 5.32 Å². The minimum absolute atomic E-state index is 0.0999. The minimum Gasteiger partial charge on any atom is -0.480 e. The Morgan fingerprint density at radius 1 is 0.921 bits per heavy atom. The number of aliphatic carboxylic acids is 1. The number of hydrogen-bond donors (Lipinski definition) is 2. The summed E-state index contributed by atoms with van der Waals surface area (Å²) in [6, 6.07) is 16.7. The van der Waals surface area contributed by atoms with E-state index in [4.69, 9.17) is 0 Å². The number of amides is 1. The first-order valence-corrected chi connectivity index (χ1v) is 13.5. The lowest BCUT2D eigenvalue weighted by Crippen LogP contribution is -2.42. The molecule has 0 fully saturated rings. The Hall–Kier alpha value is -3.84. The number of nitrogens with zero attached hydrogens (tertiary/aromatic N) is 2. The molecule has 0 aliphatic heterocycles. The minimum atomic E-state index is -1.07. The summed E-state index contributed by atoms with van der Waals surface area (Å²) in [5.41, 5.74) is 5.50. The molecule has 2 aromatic heterocycles. The molecular weight excluding hydrogens is 494 g/mol. The Labute approximate surface area is 227 Å². The van der Waals surface area contributed by atoms with Crippen molar-refractivity contribution in [1.29, 1.82) is 0 Å². The van der Waals surface area contributed by atoms with Gasteiger partial charge in [0, 0.05) is 40.2 Å². The maximum absolute atomic E-state index is 12.6. The SMILES string of the molecule is CC(C)c1cc(C(=O)N[C@@H](Cc2ccc(-c3ncc(-c4ccc(C(C)(C)C)cc4)cn3)cc2)C(=O)O)cs1. The quantitative estimate of drug-likeness (QED) is 0.265. The van der Waals surface area contributed by atoms with Crippen molar-refractivity contribution in [3.8, 4) is 22.5 Å². The van der Waals surface area contributed by atoms with Crippen LogP contribution >= 0.6 is 11.3 Å². The van der Waals surface area contributed by atoms with Gasteiger partial charge < -0.3 is 10.4 Å². The van der Waals surface area contributed by atoms with Gasteiger partial charge in [-0.05, 0) is 34.1 Å². The van der Waals surface area contributed by atoms with Gasteiger partial charge in [0.25, 0.3) is 5.91 Å². The summed E-state index contributed by atoms with van der Waals surface area (Å²) >= 11 is 1.51. The lowest BCUT2D eigenvalue weighted by Gasteiger charge is -2.19. The lowest BCUT2D eigenvalue weighted by molar-refractivity contribution is -0.139. The van der Waals surface area contributed by atoms with Crippen LogP contribution in [0.4, 0.5) is 0 Å². The van der Waals surface area contributed by atoms with Crippen LogP contribution in [-0.2, 0) is 16.6 Å². The molecule has 7 heteroatoms. The van der Waals surface area contributed by atoms with Gasteiger partial charge >= 0.3 is 5.97 Å². The van der Waals surface area contributed by atoms with Gasteiger partial charge in [-0.1, -0.05) is 83.1 Å². The van der Waals surface area contributed by atoms with Crippen LogP contribution in [0.2, 0.25) is 0 Å². The smallest absolute Gasteiger partial charge is 0.326 e. The predicted octanol–water partition coefficient (Wildman–Crippen LogP) is 6.72. The number of carbonyl (C=O) groups is 2.